The van der Waals surface area contributed by atoms with Crippen LogP contribution in [0.3, 0.4) is 0 Å². The highest BCUT2D eigenvalue weighted by Crippen LogP contribution is 2.39. The lowest BCUT2D eigenvalue weighted by molar-refractivity contribution is 0.300. The van der Waals surface area contributed by atoms with Gasteiger partial charge in [0.1, 0.15) is 5.82 Å². The first-order chi connectivity index (χ1) is 12.7. The highest BCUT2D eigenvalue weighted by molar-refractivity contribution is 5.74. The van der Waals surface area contributed by atoms with Crippen LogP contribution < -0.4 is 4.74 Å². The maximum Gasteiger partial charge on any atom is 0.168 e. The van der Waals surface area contributed by atoms with Crippen molar-refractivity contribution in [2.75, 3.05) is 6.61 Å². The van der Waals surface area contributed by atoms with Gasteiger partial charge in [-0.2, -0.15) is 0 Å². The first-order valence-electron chi connectivity index (χ1n) is 9.92. The van der Waals surface area contributed by atoms with E-state index in [-0.39, 0.29) is 11.6 Å². The molecule has 1 aliphatic carbocycles. The minimum atomic E-state index is -0.286. The topological polar surface area (TPSA) is 9.23 Å². The maximum absolute atomic E-state index is 15.0. The minimum Gasteiger partial charge on any atom is -0.491 e. The van der Waals surface area contributed by atoms with E-state index in [1.54, 1.807) is 6.07 Å². The van der Waals surface area contributed by atoms with E-state index in [0.717, 1.165) is 47.9 Å². The Bertz CT molecular complexity index is 767. The molecule has 0 fully saturated rings. The molecule has 0 saturated carbocycles. The molecule has 0 atom stereocenters. The molecule has 0 unspecified atom stereocenters. The van der Waals surface area contributed by atoms with Crippen molar-refractivity contribution in [2.24, 2.45) is 0 Å². The summed E-state index contributed by atoms with van der Waals surface area (Å²) in [6, 6.07) is 7.41. The van der Waals surface area contributed by atoms with Gasteiger partial charge in [0.05, 0.1) is 6.61 Å². The van der Waals surface area contributed by atoms with Crippen LogP contribution >= 0.6 is 0 Å². The van der Waals surface area contributed by atoms with Crippen molar-refractivity contribution in [3.05, 3.63) is 52.6 Å². The van der Waals surface area contributed by atoms with Gasteiger partial charge in [0.2, 0.25) is 0 Å². The molecule has 26 heavy (non-hydrogen) atoms. The summed E-state index contributed by atoms with van der Waals surface area (Å²) in [5, 5.41) is 0. The zero-order chi connectivity index (χ0) is 18.5. The number of ether oxygens (including phenoxy) is 1. The summed E-state index contributed by atoms with van der Waals surface area (Å²) in [7, 11) is 0. The molecule has 140 valence electrons. The summed E-state index contributed by atoms with van der Waals surface area (Å²) in [6.07, 6.45) is 7.23. The number of aryl methyl sites for hydroxylation is 1. The summed E-state index contributed by atoms with van der Waals surface area (Å²) in [5.74, 6) is -0.0657. The largest absolute Gasteiger partial charge is 0.491 e. The first kappa shape index (κ1) is 18.9. The molecule has 3 rings (SSSR count). The van der Waals surface area contributed by atoms with Crippen molar-refractivity contribution in [1.29, 1.82) is 0 Å². The van der Waals surface area contributed by atoms with E-state index >= 15 is 0 Å². The van der Waals surface area contributed by atoms with Crippen molar-refractivity contribution in [1.82, 2.24) is 0 Å². The molecule has 0 bridgehead atoms. The average molecular weight is 358 g/mol. The Kier molecular flexibility index (Phi) is 6.29. The van der Waals surface area contributed by atoms with Gasteiger partial charge in [-0.25, -0.2) is 8.78 Å². The summed E-state index contributed by atoms with van der Waals surface area (Å²) >= 11 is 0. The highest BCUT2D eigenvalue weighted by atomic mass is 19.1. The Hall–Kier alpha value is -1.90. The molecule has 0 radical (unpaired) electrons. The number of hydrogen-bond donors (Lipinski definition) is 0. The van der Waals surface area contributed by atoms with E-state index < -0.39 is 0 Å². The van der Waals surface area contributed by atoms with E-state index in [9.17, 15) is 8.78 Å². The number of benzene rings is 2. The second-order valence-electron chi connectivity index (χ2n) is 7.13. The SMILES string of the molecule is CCCCCCc1ccc2c(c1F)CCc1c-2ccc(OCCC)c1F. The molecule has 1 aliphatic rings. The summed E-state index contributed by atoms with van der Waals surface area (Å²) in [4.78, 5) is 0. The molecule has 0 N–H and O–H groups in total. The molecular formula is C23H28F2O. The summed E-state index contributed by atoms with van der Waals surface area (Å²) in [6.45, 7) is 4.67. The van der Waals surface area contributed by atoms with E-state index in [1.807, 2.05) is 25.1 Å². The molecule has 0 aromatic heterocycles. The zero-order valence-electron chi connectivity index (χ0n) is 15.8. The summed E-state index contributed by atoms with van der Waals surface area (Å²) < 4.78 is 35.3. The second kappa shape index (κ2) is 8.66. The molecule has 2 aromatic rings. The fourth-order valence-electron chi connectivity index (χ4n) is 3.77. The lowest BCUT2D eigenvalue weighted by Gasteiger charge is -2.23. The van der Waals surface area contributed by atoms with Gasteiger partial charge < -0.3 is 4.74 Å². The summed E-state index contributed by atoms with van der Waals surface area (Å²) in [5.41, 5.74) is 3.84. The quantitative estimate of drug-likeness (QED) is 0.481. The molecule has 0 spiro atoms. The van der Waals surface area contributed by atoms with E-state index in [1.165, 1.54) is 12.8 Å². The van der Waals surface area contributed by atoms with Gasteiger partial charge in [0.15, 0.2) is 11.6 Å². The third kappa shape index (κ3) is 3.77. The molecule has 1 nitrogen and oxygen atoms in total. The van der Waals surface area contributed by atoms with Gasteiger partial charge in [-0.3, -0.25) is 0 Å². The molecule has 0 heterocycles. The van der Waals surface area contributed by atoms with Crippen molar-refractivity contribution >= 4 is 0 Å². The predicted octanol–water partition coefficient (Wildman–Crippen LogP) is 6.64. The maximum atomic E-state index is 15.0. The molecule has 3 heteroatoms. The lowest BCUT2D eigenvalue weighted by Crippen LogP contribution is -2.11. The van der Waals surface area contributed by atoms with Crippen molar-refractivity contribution in [2.45, 2.75) is 65.2 Å². The van der Waals surface area contributed by atoms with Gasteiger partial charge in [0, 0.05) is 0 Å². The van der Waals surface area contributed by atoms with Gasteiger partial charge in [-0.15, -0.1) is 0 Å². The Balaban J connectivity index is 1.88. The van der Waals surface area contributed by atoms with E-state index in [2.05, 4.69) is 6.92 Å². The van der Waals surface area contributed by atoms with Gasteiger partial charge in [0.25, 0.3) is 0 Å². The van der Waals surface area contributed by atoms with Crippen molar-refractivity contribution in [3.63, 3.8) is 0 Å². The van der Waals surface area contributed by atoms with Crippen LogP contribution in [0.4, 0.5) is 8.78 Å². The first-order valence-corrected chi connectivity index (χ1v) is 9.92. The monoisotopic (exact) mass is 358 g/mol. The number of fused-ring (bicyclic) bond motifs is 3. The molecule has 2 aromatic carbocycles. The lowest BCUT2D eigenvalue weighted by atomic mass is 9.83. The van der Waals surface area contributed by atoms with Crippen LogP contribution in [-0.2, 0) is 19.3 Å². The minimum absolute atomic E-state index is 0.0867. The molecule has 0 amide bonds. The Morgan fingerprint density at radius 3 is 2.19 bits per heavy atom. The van der Waals surface area contributed by atoms with Crippen LogP contribution in [0, 0.1) is 11.6 Å². The zero-order valence-corrected chi connectivity index (χ0v) is 15.8. The number of unbranched alkanes of at least 4 members (excludes halogenated alkanes) is 3. The van der Waals surface area contributed by atoms with Crippen LogP contribution in [0.2, 0.25) is 0 Å². The molecular weight excluding hydrogens is 330 g/mol. The van der Waals surface area contributed by atoms with Crippen LogP contribution in [0.15, 0.2) is 24.3 Å². The van der Waals surface area contributed by atoms with Crippen LogP contribution in [0.5, 0.6) is 5.75 Å². The van der Waals surface area contributed by atoms with Crippen LogP contribution in [-0.4, -0.2) is 6.61 Å². The van der Waals surface area contributed by atoms with Crippen molar-refractivity contribution in [3.8, 4) is 16.9 Å². The Morgan fingerprint density at radius 1 is 0.808 bits per heavy atom. The molecule has 0 saturated heterocycles. The normalized spacial score (nSPS) is 12.6. The fourth-order valence-corrected chi connectivity index (χ4v) is 3.77. The highest BCUT2D eigenvalue weighted by Gasteiger charge is 2.24. The number of halogens is 2. The van der Waals surface area contributed by atoms with Crippen LogP contribution in [0.25, 0.3) is 11.1 Å². The predicted molar refractivity (Wildman–Crippen MR) is 103 cm³/mol. The smallest absolute Gasteiger partial charge is 0.168 e. The number of rotatable bonds is 8. The fraction of sp³-hybridized carbons (Fsp3) is 0.478. The van der Waals surface area contributed by atoms with E-state index in [0.29, 0.717) is 30.8 Å². The Labute approximate surface area is 155 Å². The van der Waals surface area contributed by atoms with Crippen molar-refractivity contribution < 1.29 is 13.5 Å². The van der Waals surface area contributed by atoms with E-state index in [4.69, 9.17) is 4.74 Å². The van der Waals surface area contributed by atoms with Crippen LogP contribution in [0.1, 0.15) is 62.6 Å². The standard InChI is InChI=1S/C23H28F2O/c1-3-5-6-7-8-16-9-10-17-18-13-14-21(26-15-4-2)23(25)20(18)12-11-19(17)22(16)24/h9-10,13-14H,3-8,11-12,15H2,1-2H3. The Morgan fingerprint density at radius 2 is 1.50 bits per heavy atom. The third-order valence-electron chi connectivity index (χ3n) is 5.21. The third-order valence-corrected chi connectivity index (χ3v) is 5.21. The van der Waals surface area contributed by atoms with Gasteiger partial charge >= 0.3 is 0 Å². The van der Waals surface area contributed by atoms with Gasteiger partial charge in [-0.1, -0.05) is 51.3 Å². The second-order valence-corrected chi connectivity index (χ2v) is 7.13. The van der Waals surface area contributed by atoms with Gasteiger partial charge in [-0.05, 0) is 66.0 Å². The molecule has 0 aliphatic heterocycles. The number of hydrogen-bond acceptors (Lipinski definition) is 1. The average Bonchev–Trinajstić information content (AvgIpc) is 2.66.